The maximum absolute atomic E-state index is 11.3. The molecule has 0 unspecified atom stereocenters. The van der Waals surface area contributed by atoms with Crippen molar-refractivity contribution in [2.75, 3.05) is 16.2 Å². The van der Waals surface area contributed by atoms with Gasteiger partial charge >= 0.3 is 0 Å². The summed E-state index contributed by atoms with van der Waals surface area (Å²) in [5.74, 6) is -0.0177. The number of carbonyl (C=O) groups excluding carboxylic acids is 1. The van der Waals surface area contributed by atoms with E-state index in [9.17, 15) is 13.2 Å². The molecule has 1 aliphatic rings. The van der Waals surface area contributed by atoms with Crippen LogP contribution in [0.2, 0.25) is 0 Å². The highest BCUT2D eigenvalue weighted by molar-refractivity contribution is 7.90. The summed E-state index contributed by atoms with van der Waals surface area (Å²) in [5, 5.41) is 4.88. The van der Waals surface area contributed by atoms with Crippen LogP contribution in [0.4, 0.5) is 11.4 Å². The number of rotatable bonds is 2. The fraction of sp³-hybridized carbons (Fsp3) is 0.300. The molecule has 1 aromatic rings. The van der Waals surface area contributed by atoms with E-state index < -0.39 is 10.2 Å². The summed E-state index contributed by atoms with van der Waals surface area (Å²) in [6, 6.07) is 5.00. The number of anilines is 2. The minimum atomic E-state index is -3.75. The van der Waals surface area contributed by atoms with Gasteiger partial charge in [-0.15, -0.1) is 0 Å². The average molecular weight is 255 g/mol. The van der Waals surface area contributed by atoms with Crippen LogP contribution in [-0.2, 0) is 21.4 Å². The number of hydrogen-bond acceptors (Lipinski definition) is 3. The Bertz CT molecular complexity index is 568. The first kappa shape index (κ1) is 11.9. The van der Waals surface area contributed by atoms with E-state index in [1.54, 1.807) is 23.1 Å². The van der Waals surface area contributed by atoms with Crippen molar-refractivity contribution in [1.29, 1.82) is 0 Å². The second-order valence-corrected chi connectivity index (χ2v) is 5.21. The predicted octanol–water partition coefficient (Wildman–Crippen LogP) is 0.211. The largest absolute Gasteiger partial charge is 0.312 e. The van der Waals surface area contributed by atoms with E-state index in [-0.39, 0.29) is 5.91 Å². The van der Waals surface area contributed by atoms with Crippen LogP contribution in [0.3, 0.4) is 0 Å². The lowest BCUT2D eigenvalue weighted by atomic mass is 10.1. The minimum Gasteiger partial charge on any atom is -0.312 e. The maximum Gasteiger partial charge on any atom is 0.296 e. The van der Waals surface area contributed by atoms with E-state index in [0.29, 0.717) is 12.2 Å². The summed E-state index contributed by atoms with van der Waals surface area (Å²) in [6.07, 6.45) is 0.717. The van der Waals surface area contributed by atoms with Crippen molar-refractivity contribution >= 4 is 27.5 Å². The molecule has 92 valence electrons. The molecule has 0 atom stereocenters. The first-order valence-corrected chi connectivity index (χ1v) is 6.63. The zero-order valence-electron chi connectivity index (χ0n) is 9.30. The molecule has 0 aliphatic carbocycles. The van der Waals surface area contributed by atoms with Crippen LogP contribution in [0.1, 0.15) is 12.5 Å². The lowest BCUT2D eigenvalue weighted by molar-refractivity contribution is -0.116. The van der Waals surface area contributed by atoms with Gasteiger partial charge in [-0.2, -0.15) is 8.42 Å². The van der Waals surface area contributed by atoms with Crippen molar-refractivity contribution in [2.24, 2.45) is 5.14 Å². The third kappa shape index (κ3) is 2.56. The summed E-state index contributed by atoms with van der Waals surface area (Å²) in [4.78, 5) is 13.0. The third-order valence-corrected chi connectivity index (χ3v) is 3.14. The van der Waals surface area contributed by atoms with Crippen molar-refractivity contribution in [3.63, 3.8) is 0 Å². The predicted molar refractivity (Wildman–Crippen MR) is 64.9 cm³/mol. The van der Waals surface area contributed by atoms with Gasteiger partial charge in [-0.25, -0.2) is 5.14 Å². The van der Waals surface area contributed by atoms with Crippen LogP contribution in [-0.4, -0.2) is 20.9 Å². The molecule has 0 aromatic heterocycles. The standard InChI is InChI=1S/C10H13N3O3S/c1-7(14)13-5-4-8-6-9(2-3-10(8)13)12-17(11,15)16/h2-3,6,12H,4-5H2,1H3,(H2,11,15,16). The molecule has 0 spiro atoms. The van der Waals surface area contributed by atoms with E-state index in [1.165, 1.54) is 6.92 Å². The number of benzene rings is 1. The highest BCUT2D eigenvalue weighted by Crippen LogP contribution is 2.30. The summed E-state index contributed by atoms with van der Waals surface area (Å²) < 4.78 is 24.0. The zero-order valence-corrected chi connectivity index (χ0v) is 10.1. The number of nitrogens with two attached hydrogens (primary N) is 1. The molecule has 17 heavy (non-hydrogen) atoms. The van der Waals surface area contributed by atoms with E-state index in [1.807, 2.05) is 0 Å². The highest BCUT2D eigenvalue weighted by atomic mass is 32.2. The number of nitrogens with zero attached hydrogens (tertiary/aromatic N) is 1. The van der Waals surface area contributed by atoms with Gasteiger partial charge in [0.25, 0.3) is 10.2 Å². The van der Waals surface area contributed by atoms with Crippen LogP contribution >= 0.6 is 0 Å². The molecule has 0 fully saturated rings. The fourth-order valence-corrected chi connectivity index (χ4v) is 2.41. The Morgan fingerprint density at radius 3 is 2.76 bits per heavy atom. The molecule has 1 aliphatic heterocycles. The zero-order chi connectivity index (χ0) is 12.6. The average Bonchev–Trinajstić information content (AvgIpc) is 2.57. The van der Waals surface area contributed by atoms with Gasteiger partial charge in [0.2, 0.25) is 5.91 Å². The molecule has 0 radical (unpaired) electrons. The van der Waals surface area contributed by atoms with Crippen LogP contribution in [0.15, 0.2) is 18.2 Å². The number of fused-ring (bicyclic) bond motifs is 1. The first-order chi connectivity index (χ1) is 7.87. The molecule has 0 saturated carbocycles. The number of nitrogens with one attached hydrogen (secondary N) is 1. The van der Waals surface area contributed by atoms with Crippen LogP contribution in [0.5, 0.6) is 0 Å². The van der Waals surface area contributed by atoms with E-state index in [4.69, 9.17) is 5.14 Å². The lowest BCUT2D eigenvalue weighted by Gasteiger charge is -2.14. The van der Waals surface area contributed by atoms with Gasteiger partial charge in [0.15, 0.2) is 0 Å². The molecule has 1 aromatic carbocycles. The normalized spacial score (nSPS) is 14.6. The van der Waals surface area contributed by atoms with Crippen LogP contribution in [0.25, 0.3) is 0 Å². The molecular formula is C10H13N3O3S. The Balaban J connectivity index is 2.32. The first-order valence-electron chi connectivity index (χ1n) is 5.08. The van der Waals surface area contributed by atoms with E-state index in [0.717, 1.165) is 17.7 Å². The van der Waals surface area contributed by atoms with Gasteiger partial charge in [-0.3, -0.25) is 9.52 Å². The fourth-order valence-electron chi connectivity index (χ4n) is 1.96. The Labute approximate surface area is 99.6 Å². The van der Waals surface area contributed by atoms with Gasteiger partial charge in [0, 0.05) is 19.2 Å². The molecule has 2 rings (SSSR count). The maximum atomic E-state index is 11.3. The molecule has 1 heterocycles. The SMILES string of the molecule is CC(=O)N1CCc2cc(NS(N)(=O)=O)ccc21. The number of carbonyl (C=O) groups is 1. The van der Waals surface area contributed by atoms with Crippen molar-refractivity contribution in [1.82, 2.24) is 0 Å². The topological polar surface area (TPSA) is 92.5 Å². The van der Waals surface area contributed by atoms with Gasteiger partial charge in [0.1, 0.15) is 0 Å². The summed E-state index contributed by atoms with van der Waals surface area (Å²) in [7, 11) is -3.75. The quantitative estimate of drug-likeness (QED) is 0.791. The monoisotopic (exact) mass is 255 g/mol. The van der Waals surface area contributed by atoms with Crippen LogP contribution in [0, 0.1) is 0 Å². The van der Waals surface area contributed by atoms with Gasteiger partial charge in [0.05, 0.1) is 5.69 Å². The molecular weight excluding hydrogens is 242 g/mol. The molecule has 1 amide bonds. The molecule has 3 N–H and O–H groups in total. The van der Waals surface area contributed by atoms with Crippen molar-refractivity contribution in [3.05, 3.63) is 23.8 Å². The van der Waals surface area contributed by atoms with Gasteiger partial charge in [-0.1, -0.05) is 0 Å². The Morgan fingerprint density at radius 2 is 2.18 bits per heavy atom. The molecule has 0 bridgehead atoms. The van der Waals surface area contributed by atoms with Gasteiger partial charge in [-0.05, 0) is 30.2 Å². The Hall–Kier alpha value is -1.60. The second kappa shape index (κ2) is 4.01. The van der Waals surface area contributed by atoms with Gasteiger partial charge < -0.3 is 4.90 Å². The summed E-state index contributed by atoms with van der Waals surface area (Å²) >= 11 is 0. The van der Waals surface area contributed by atoms with E-state index in [2.05, 4.69) is 4.72 Å². The summed E-state index contributed by atoms with van der Waals surface area (Å²) in [6.45, 7) is 2.13. The van der Waals surface area contributed by atoms with Crippen LogP contribution < -0.4 is 14.8 Å². The Kier molecular flexibility index (Phi) is 2.80. The van der Waals surface area contributed by atoms with Crippen molar-refractivity contribution in [2.45, 2.75) is 13.3 Å². The van der Waals surface area contributed by atoms with Crippen molar-refractivity contribution < 1.29 is 13.2 Å². The smallest absolute Gasteiger partial charge is 0.296 e. The second-order valence-electron chi connectivity index (χ2n) is 3.91. The summed E-state index contributed by atoms with van der Waals surface area (Å²) in [5.41, 5.74) is 2.18. The molecule has 6 nitrogen and oxygen atoms in total. The molecule has 0 saturated heterocycles. The lowest BCUT2D eigenvalue weighted by Crippen LogP contribution is -2.25. The minimum absolute atomic E-state index is 0.0177. The number of amides is 1. The highest BCUT2D eigenvalue weighted by Gasteiger charge is 2.22. The van der Waals surface area contributed by atoms with E-state index >= 15 is 0 Å². The number of hydrogen-bond donors (Lipinski definition) is 2. The Morgan fingerprint density at radius 1 is 1.47 bits per heavy atom. The third-order valence-electron chi connectivity index (χ3n) is 2.62. The van der Waals surface area contributed by atoms with Crippen molar-refractivity contribution in [3.8, 4) is 0 Å². The molecule has 7 heteroatoms.